The zero-order valence-electron chi connectivity index (χ0n) is 11.3. The first-order chi connectivity index (χ1) is 9.95. The highest BCUT2D eigenvalue weighted by molar-refractivity contribution is 5.39. The van der Waals surface area contributed by atoms with Gasteiger partial charge in [0.1, 0.15) is 5.65 Å². The molecule has 2 aromatic rings. The molecule has 1 N–H and O–H groups in total. The normalized spacial score (nSPS) is 22.0. The number of imidazole rings is 1. The van der Waals surface area contributed by atoms with Crippen LogP contribution in [0, 0.1) is 0 Å². The van der Waals surface area contributed by atoms with Gasteiger partial charge in [-0.3, -0.25) is 4.90 Å². The van der Waals surface area contributed by atoms with E-state index in [0.29, 0.717) is 31.6 Å². The zero-order valence-corrected chi connectivity index (χ0v) is 11.3. The first-order valence-corrected chi connectivity index (χ1v) is 6.86. The molecule has 1 aliphatic heterocycles. The van der Waals surface area contributed by atoms with E-state index >= 15 is 0 Å². The third-order valence-electron chi connectivity index (χ3n) is 3.89. The number of halogens is 3. The number of rotatable bonds is 3. The Hall–Kier alpha value is -1.60. The first kappa shape index (κ1) is 14.3. The molecular weight excluding hydrogens is 283 g/mol. The van der Waals surface area contributed by atoms with Gasteiger partial charge in [0.05, 0.1) is 5.69 Å². The molecule has 1 aliphatic rings. The molecule has 0 aromatic carbocycles. The van der Waals surface area contributed by atoms with Gasteiger partial charge in [0.25, 0.3) is 0 Å². The maximum absolute atomic E-state index is 12.7. The Morgan fingerprint density at radius 3 is 2.90 bits per heavy atom. The zero-order chi connectivity index (χ0) is 15.0. The molecule has 0 amide bonds. The highest BCUT2D eigenvalue weighted by Gasteiger charge is 2.46. The van der Waals surface area contributed by atoms with Crippen LogP contribution in [0.4, 0.5) is 13.2 Å². The van der Waals surface area contributed by atoms with Crippen LogP contribution in [-0.4, -0.2) is 44.3 Å². The summed E-state index contributed by atoms with van der Waals surface area (Å²) < 4.78 is 39.9. The minimum atomic E-state index is -4.58. The van der Waals surface area contributed by atoms with E-state index in [1.807, 2.05) is 35.0 Å². The third kappa shape index (κ3) is 2.89. The van der Waals surface area contributed by atoms with Crippen LogP contribution in [0.25, 0.3) is 5.65 Å². The van der Waals surface area contributed by atoms with Crippen LogP contribution < -0.4 is 0 Å². The number of aliphatic hydroxyl groups is 1. The van der Waals surface area contributed by atoms with E-state index in [2.05, 4.69) is 4.98 Å². The summed E-state index contributed by atoms with van der Waals surface area (Å²) in [6.07, 6.45) is -2.20. The molecule has 0 unspecified atom stereocenters. The quantitative estimate of drug-likeness (QED) is 0.945. The Balaban J connectivity index is 1.77. The molecular formula is C14H16F3N3O. The summed E-state index contributed by atoms with van der Waals surface area (Å²) in [5, 5.41) is 9.48. The number of likely N-dealkylation sites (tertiary alicyclic amines) is 1. The van der Waals surface area contributed by atoms with Gasteiger partial charge >= 0.3 is 6.18 Å². The van der Waals surface area contributed by atoms with Crippen molar-refractivity contribution in [2.24, 2.45) is 0 Å². The molecule has 1 fully saturated rings. The van der Waals surface area contributed by atoms with Crippen molar-refractivity contribution < 1.29 is 18.3 Å². The number of nitrogens with zero attached hydrogens (tertiary/aromatic N) is 3. The fourth-order valence-electron chi connectivity index (χ4n) is 2.90. The number of fused-ring (bicyclic) bond motifs is 1. The highest BCUT2D eigenvalue weighted by Crippen LogP contribution is 2.31. The second-order valence-electron chi connectivity index (χ2n) is 5.36. The van der Waals surface area contributed by atoms with Crippen LogP contribution in [0.15, 0.2) is 30.6 Å². The fourth-order valence-corrected chi connectivity index (χ4v) is 2.90. The fraction of sp³-hybridized carbons (Fsp3) is 0.500. The van der Waals surface area contributed by atoms with E-state index in [-0.39, 0.29) is 0 Å². The summed E-state index contributed by atoms with van der Waals surface area (Å²) in [6, 6.07) is 4.69. The van der Waals surface area contributed by atoms with Crippen LogP contribution in [0.1, 0.15) is 18.5 Å². The maximum atomic E-state index is 12.7. The molecule has 3 heterocycles. The molecule has 2 atom stereocenters. The molecule has 21 heavy (non-hydrogen) atoms. The summed E-state index contributed by atoms with van der Waals surface area (Å²) >= 11 is 0. The Kier molecular flexibility index (Phi) is 3.62. The second kappa shape index (κ2) is 5.31. The van der Waals surface area contributed by atoms with Crippen LogP contribution in [-0.2, 0) is 6.54 Å². The highest BCUT2D eigenvalue weighted by atomic mass is 19.4. The minimum absolute atomic E-state index is 0.319. The third-order valence-corrected chi connectivity index (χ3v) is 3.89. The molecule has 3 rings (SSSR count). The summed E-state index contributed by atoms with van der Waals surface area (Å²) in [6.45, 7) is 0.866. The lowest BCUT2D eigenvalue weighted by Crippen LogP contribution is -2.46. The van der Waals surface area contributed by atoms with Crippen LogP contribution in [0.3, 0.4) is 0 Å². The van der Waals surface area contributed by atoms with Crippen molar-refractivity contribution in [2.75, 3.05) is 6.54 Å². The van der Waals surface area contributed by atoms with Gasteiger partial charge in [-0.15, -0.1) is 0 Å². The molecule has 0 spiro atoms. The SMILES string of the molecule is O[C@H]([C@H]1CCCN1Cc1cn2ccccc2n1)C(F)(F)F. The van der Waals surface area contributed by atoms with Gasteiger partial charge in [-0.05, 0) is 31.5 Å². The Morgan fingerprint density at radius 2 is 2.19 bits per heavy atom. The smallest absolute Gasteiger partial charge is 0.382 e. The van der Waals surface area contributed by atoms with Crippen LogP contribution >= 0.6 is 0 Å². The number of hydrogen-bond acceptors (Lipinski definition) is 3. The predicted molar refractivity (Wildman–Crippen MR) is 70.7 cm³/mol. The van der Waals surface area contributed by atoms with Crippen LogP contribution in [0.2, 0.25) is 0 Å². The number of alkyl halides is 3. The molecule has 0 saturated carbocycles. The Labute approximate surface area is 119 Å². The summed E-state index contributed by atoms with van der Waals surface area (Å²) in [4.78, 5) is 6.06. The largest absolute Gasteiger partial charge is 0.415 e. The number of hydrogen-bond donors (Lipinski definition) is 1. The number of pyridine rings is 1. The van der Waals surface area contributed by atoms with E-state index in [0.717, 1.165) is 5.65 Å². The predicted octanol–water partition coefficient (Wildman–Crippen LogP) is 2.22. The number of aliphatic hydroxyl groups excluding tert-OH is 1. The molecule has 0 radical (unpaired) electrons. The lowest BCUT2D eigenvalue weighted by atomic mass is 10.1. The van der Waals surface area contributed by atoms with Crippen molar-refractivity contribution in [3.63, 3.8) is 0 Å². The van der Waals surface area contributed by atoms with Gasteiger partial charge in [0.15, 0.2) is 6.10 Å². The lowest BCUT2D eigenvalue weighted by molar-refractivity contribution is -0.219. The van der Waals surface area contributed by atoms with Crippen molar-refractivity contribution in [1.82, 2.24) is 14.3 Å². The van der Waals surface area contributed by atoms with Crippen molar-refractivity contribution in [3.05, 3.63) is 36.3 Å². The molecule has 1 saturated heterocycles. The average molecular weight is 299 g/mol. The Morgan fingerprint density at radius 1 is 1.38 bits per heavy atom. The van der Waals surface area contributed by atoms with Gasteiger partial charge in [-0.2, -0.15) is 13.2 Å². The summed E-state index contributed by atoms with van der Waals surface area (Å²) in [7, 11) is 0. The summed E-state index contributed by atoms with van der Waals surface area (Å²) in [5.74, 6) is 0. The number of aromatic nitrogens is 2. The van der Waals surface area contributed by atoms with E-state index in [1.54, 1.807) is 4.90 Å². The molecule has 4 nitrogen and oxygen atoms in total. The first-order valence-electron chi connectivity index (χ1n) is 6.86. The standard InChI is InChI=1S/C14H16F3N3O/c15-14(16,17)13(21)11-4-3-7-19(11)8-10-9-20-6-2-1-5-12(20)18-10/h1-2,5-6,9,11,13,21H,3-4,7-8H2/t11-,13-/m1/s1. The van der Waals surface area contributed by atoms with Crippen molar-refractivity contribution >= 4 is 5.65 Å². The van der Waals surface area contributed by atoms with E-state index in [1.165, 1.54) is 0 Å². The average Bonchev–Trinajstić information content (AvgIpc) is 3.02. The maximum Gasteiger partial charge on any atom is 0.415 e. The van der Waals surface area contributed by atoms with Gasteiger partial charge < -0.3 is 9.51 Å². The van der Waals surface area contributed by atoms with Gasteiger partial charge in [0, 0.05) is 25.0 Å². The van der Waals surface area contributed by atoms with E-state index in [4.69, 9.17) is 0 Å². The minimum Gasteiger partial charge on any atom is -0.382 e. The second-order valence-corrected chi connectivity index (χ2v) is 5.36. The molecule has 7 heteroatoms. The topological polar surface area (TPSA) is 40.8 Å². The monoisotopic (exact) mass is 299 g/mol. The van der Waals surface area contributed by atoms with E-state index in [9.17, 15) is 18.3 Å². The van der Waals surface area contributed by atoms with Gasteiger partial charge in [0.2, 0.25) is 0 Å². The van der Waals surface area contributed by atoms with Crippen molar-refractivity contribution in [3.8, 4) is 0 Å². The Bertz CT molecular complexity index is 592. The van der Waals surface area contributed by atoms with Crippen molar-refractivity contribution in [1.29, 1.82) is 0 Å². The van der Waals surface area contributed by atoms with Crippen molar-refractivity contribution in [2.45, 2.75) is 37.7 Å². The van der Waals surface area contributed by atoms with E-state index < -0.39 is 18.3 Å². The molecule has 0 aliphatic carbocycles. The molecule has 0 bridgehead atoms. The molecule has 114 valence electrons. The lowest BCUT2D eigenvalue weighted by Gasteiger charge is -2.29. The van der Waals surface area contributed by atoms with Gasteiger partial charge in [-0.1, -0.05) is 6.07 Å². The summed E-state index contributed by atoms with van der Waals surface area (Å²) in [5.41, 5.74) is 1.47. The van der Waals surface area contributed by atoms with Crippen LogP contribution in [0.5, 0.6) is 0 Å². The van der Waals surface area contributed by atoms with Gasteiger partial charge in [-0.25, -0.2) is 4.98 Å². The molecule has 2 aromatic heterocycles.